The molecule has 1 heterocycles. The van der Waals surface area contributed by atoms with Crippen LogP contribution in [0.3, 0.4) is 0 Å². The summed E-state index contributed by atoms with van der Waals surface area (Å²) >= 11 is 0. The fraction of sp³-hybridized carbons (Fsp3) is 0.250. The third-order valence-corrected chi connectivity index (χ3v) is 4.43. The predicted octanol–water partition coefficient (Wildman–Crippen LogP) is 2.51. The van der Waals surface area contributed by atoms with E-state index in [1.807, 2.05) is 24.3 Å². The zero-order valence-electron chi connectivity index (χ0n) is 14.8. The van der Waals surface area contributed by atoms with Gasteiger partial charge in [0.15, 0.2) is 0 Å². The first kappa shape index (κ1) is 18.4. The molecule has 2 aromatic rings. The van der Waals surface area contributed by atoms with E-state index >= 15 is 0 Å². The lowest BCUT2D eigenvalue weighted by atomic mass is 10.1. The van der Waals surface area contributed by atoms with Gasteiger partial charge < -0.3 is 20.6 Å². The van der Waals surface area contributed by atoms with Gasteiger partial charge in [-0.05, 0) is 41.8 Å². The predicted molar refractivity (Wildman–Crippen MR) is 101 cm³/mol. The molecule has 0 radical (unpaired) electrons. The normalized spacial score (nSPS) is 13.5. The molecule has 2 aromatic carbocycles. The lowest BCUT2D eigenvalue weighted by Crippen LogP contribution is -2.34. The molecule has 0 aromatic heterocycles. The van der Waals surface area contributed by atoms with Crippen molar-refractivity contribution in [3.8, 4) is 0 Å². The number of nitrogens with zero attached hydrogens (tertiary/aromatic N) is 1. The standard InChI is InChI=1S/C20H21N3O4/c24-18-2-1-11-23(18)17-9-5-15(6-10-17)13-22-20(27)21-12-14-3-7-16(8-4-14)19(25)26/h3-10H,1-2,11-13H2,(H,25,26)(H2,21,22,27). The van der Waals surface area contributed by atoms with Crippen molar-refractivity contribution in [3.63, 3.8) is 0 Å². The monoisotopic (exact) mass is 367 g/mol. The molecule has 0 aliphatic carbocycles. The molecular formula is C20H21N3O4. The van der Waals surface area contributed by atoms with Gasteiger partial charge in [-0.2, -0.15) is 0 Å². The molecule has 3 rings (SSSR count). The molecule has 3 amide bonds. The second-order valence-electron chi connectivity index (χ2n) is 6.35. The van der Waals surface area contributed by atoms with Gasteiger partial charge in [0.05, 0.1) is 5.56 Å². The molecule has 1 fully saturated rings. The Hall–Kier alpha value is -3.35. The maximum Gasteiger partial charge on any atom is 0.335 e. The molecule has 0 spiro atoms. The lowest BCUT2D eigenvalue weighted by molar-refractivity contribution is -0.117. The van der Waals surface area contributed by atoms with Crippen molar-refractivity contribution in [2.45, 2.75) is 25.9 Å². The molecule has 140 valence electrons. The van der Waals surface area contributed by atoms with Crippen LogP contribution in [0.15, 0.2) is 48.5 Å². The molecule has 1 saturated heterocycles. The van der Waals surface area contributed by atoms with Crippen molar-refractivity contribution < 1.29 is 19.5 Å². The van der Waals surface area contributed by atoms with E-state index in [0.29, 0.717) is 19.5 Å². The minimum atomic E-state index is -0.979. The Balaban J connectivity index is 1.44. The maximum atomic E-state index is 11.9. The van der Waals surface area contributed by atoms with E-state index in [4.69, 9.17) is 5.11 Å². The van der Waals surface area contributed by atoms with Crippen LogP contribution in [-0.4, -0.2) is 29.6 Å². The minimum absolute atomic E-state index is 0.150. The van der Waals surface area contributed by atoms with E-state index in [9.17, 15) is 14.4 Å². The van der Waals surface area contributed by atoms with Gasteiger partial charge in [-0.15, -0.1) is 0 Å². The first-order valence-corrected chi connectivity index (χ1v) is 8.76. The molecule has 0 bridgehead atoms. The maximum absolute atomic E-state index is 11.9. The molecule has 0 saturated carbocycles. The van der Waals surface area contributed by atoms with Crippen molar-refractivity contribution in [3.05, 3.63) is 65.2 Å². The highest BCUT2D eigenvalue weighted by molar-refractivity contribution is 5.95. The second kappa shape index (κ2) is 8.35. The number of amides is 3. The van der Waals surface area contributed by atoms with Gasteiger partial charge in [0.25, 0.3) is 0 Å². The number of nitrogens with one attached hydrogen (secondary N) is 2. The van der Waals surface area contributed by atoms with Gasteiger partial charge in [-0.1, -0.05) is 24.3 Å². The summed E-state index contributed by atoms with van der Waals surface area (Å²) < 4.78 is 0. The Labute approximate surface area is 157 Å². The average molecular weight is 367 g/mol. The highest BCUT2D eigenvalue weighted by Crippen LogP contribution is 2.21. The van der Waals surface area contributed by atoms with Crippen molar-refractivity contribution in [1.82, 2.24) is 10.6 Å². The van der Waals surface area contributed by atoms with Crippen molar-refractivity contribution in [2.24, 2.45) is 0 Å². The zero-order valence-corrected chi connectivity index (χ0v) is 14.8. The molecule has 0 atom stereocenters. The molecule has 7 nitrogen and oxygen atoms in total. The number of urea groups is 1. The molecule has 1 aliphatic heterocycles. The van der Waals surface area contributed by atoms with E-state index in [2.05, 4.69) is 10.6 Å². The number of carboxylic acid groups (broad SMARTS) is 1. The summed E-state index contributed by atoms with van der Waals surface area (Å²) in [6, 6.07) is 13.6. The van der Waals surface area contributed by atoms with Crippen molar-refractivity contribution in [2.75, 3.05) is 11.4 Å². The number of aromatic carboxylic acids is 1. The summed E-state index contributed by atoms with van der Waals surface area (Å²) in [5.74, 6) is -0.830. The van der Waals surface area contributed by atoms with E-state index in [-0.39, 0.29) is 17.5 Å². The smallest absolute Gasteiger partial charge is 0.335 e. The van der Waals surface area contributed by atoms with Crippen LogP contribution in [0.25, 0.3) is 0 Å². The Bertz CT molecular complexity index is 831. The summed E-state index contributed by atoms with van der Waals surface area (Å²) in [7, 11) is 0. The van der Waals surface area contributed by atoms with E-state index in [1.54, 1.807) is 17.0 Å². The summed E-state index contributed by atoms with van der Waals surface area (Å²) in [5.41, 5.74) is 2.85. The largest absolute Gasteiger partial charge is 0.478 e. The van der Waals surface area contributed by atoms with Gasteiger partial charge in [-0.25, -0.2) is 9.59 Å². The highest BCUT2D eigenvalue weighted by atomic mass is 16.4. The Kier molecular flexibility index (Phi) is 5.71. The summed E-state index contributed by atoms with van der Waals surface area (Å²) in [4.78, 5) is 36.3. The van der Waals surface area contributed by atoms with Crippen molar-refractivity contribution >= 4 is 23.6 Å². The highest BCUT2D eigenvalue weighted by Gasteiger charge is 2.21. The first-order chi connectivity index (χ1) is 13.0. The number of anilines is 1. The van der Waals surface area contributed by atoms with Crippen LogP contribution < -0.4 is 15.5 Å². The molecule has 3 N–H and O–H groups in total. The molecular weight excluding hydrogens is 346 g/mol. The number of carbonyl (C=O) groups is 3. The third kappa shape index (κ3) is 4.84. The van der Waals surface area contributed by atoms with E-state index in [1.165, 1.54) is 12.1 Å². The minimum Gasteiger partial charge on any atom is -0.478 e. The third-order valence-electron chi connectivity index (χ3n) is 4.43. The fourth-order valence-electron chi connectivity index (χ4n) is 2.91. The van der Waals surface area contributed by atoms with Crippen LogP contribution in [0.1, 0.15) is 34.3 Å². The molecule has 1 aliphatic rings. The van der Waals surface area contributed by atoms with Gasteiger partial charge in [0.2, 0.25) is 5.91 Å². The van der Waals surface area contributed by atoms with Crippen LogP contribution in [0.5, 0.6) is 0 Å². The topological polar surface area (TPSA) is 98.7 Å². The van der Waals surface area contributed by atoms with Crippen LogP contribution in [0.2, 0.25) is 0 Å². The zero-order chi connectivity index (χ0) is 19.2. The number of hydrogen-bond donors (Lipinski definition) is 3. The first-order valence-electron chi connectivity index (χ1n) is 8.76. The van der Waals surface area contributed by atoms with E-state index in [0.717, 1.165) is 29.8 Å². The Morgan fingerprint density at radius 2 is 1.48 bits per heavy atom. The SMILES string of the molecule is O=C(NCc1ccc(C(=O)O)cc1)NCc1ccc(N2CCCC2=O)cc1. The van der Waals surface area contributed by atoms with Crippen molar-refractivity contribution in [1.29, 1.82) is 0 Å². The molecule has 7 heteroatoms. The van der Waals surface area contributed by atoms with Gasteiger partial charge in [0.1, 0.15) is 0 Å². The van der Waals surface area contributed by atoms with Crippen LogP contribution in [0, 0.1) is 0 Å². The van der Waals surface area contributed by atoms with Crippen LogP contribution in [0.4, 0.5) is 10.5 Å². The number of carboxylic acids is 1. The molecule has 27 heavy (non-hydrogen) atoms. The summed E-state index contributed by atoms with van der Waals surface area (Å²) in [6.45, 7) is 1.44. The number of hydrogen-bond acceptors (Lipinski definition) is 3. The van der Waals surface area contributed by atoms with Crippen LogP contribution >= 0.6 is 0 Å². The second-order valence-corrected chi connectivity index (χ2v) is 6.35. The number of benzene rings is 2. The average Bonchev–Trinajstić information content (AvgIpc) is 3.11. The summed E-state index contributed by atoms with van der Waals surface area (Å²) in [6.07, 6.45) is 1.49. The Morgan fingerprint density at radius 1 is 0.926 bits per heavy atom. The van der Waals surface area contributed by atoms with Gasteiger partial charge >= 0.3 is 12.0 Å². The number of rotatable bonds is 6. The molecule has 0 unspecified atom stereocenters. The fourth-order valence-corrected chi connectivity index (χ4v) is 2.91. The van der Waals surface area contributed by atoms with Crippen LogP contribution in [-0.2, 0) is 17.9 Å². The Morgan fingerprint density at radius 3 is 1.96 bits per heavy atom. The quantitative estimate of drug-likeness (QED) is 0.730. The lowest BCUT2D eigenvalue weighted by Gasteiger charge is -2.16. The number of carbonyl (C=O) groups excluding carboxylic acids is 2. The van der Waals surface area contributed by atoms with E-state index < -0.39 is 5.97 Å². The summed E-state index contributed by atoms with van der Waals surface area (Å²) in [5, 5.41) is 14.4. The van der Waals surface area contributed by atoms with Gasteiger partial charge in [0, 0.05) is 31.7 Å². The van der Waals surface area contributed by atoms with Gasteiger partial charge in [-0.3, -0.25) is 4.79 Å².